The Kier molecular flexibility index (Phi) is 2.48. The molecule has 1 heterocycles. The van der Waals surface area contributed by atoms with Crippen molar-refractivity contribution < 1.29 is 4.74 Å². The summed E-state index contributed by atoms with van der Waals surface area (Å²) in [5, 5.41) is 3.46. The molecule has 0 bridgehead atoms. The highest BCUT2D eigenvalue weighted by molar-refractivity contribution is 7.99. The van der Waals surface area contributed by atoms with Gasteiger partial charge < -0.3 is 10.1 Å². The van der Waals surface area contributed by atoms with Crippen LogP contribution in [0.4, 0.5) is 11.4 Å². The molecule has 0 radical (unpaired) electrons. The molecule has 86 valence electrons. The normalized spacial score (nSPS) is 12.4. The van der Waals surface area contributed by atoms with E-state index in [0.717, 1.165) is 11.4 Å². The highest BCUT2D eigenvalue weighted by Crippen LogP contribution is 2.45. The zero-order valence-electron chi connectivity index (χ0n) is 9.78. The standard InChI is InChI=1S/C14H13NOS/c1-9-3-6-13-12(7-9)15-11-5-4-10(16-2)8-14(11)17-13/h3-8,15H,1-2H3. The van der Waals surface area contributed by atoms with Gasteiger partial charge in [-0.3, -0.25) is 0 Å². The average molecular weight is 243 g/mol. The molecule has 2 aromatic carbocycles. The number of aryl methyl sites for hydroxylation is 1. The van der Waals surface area contributed by atoms with Crippen LogP contribution in [0.25, 0.3) is 0 Å². The van der Waals surface area contributed by atoms with Crippen LogP contribution in [0.2, 0.25) is 0 Å². The molecule has 2 aromatic rings. The highest BCUT2D eigenvalue weighted by atomic mass is 32.2. The second-order valence-electron chi connectivity index (χ2n) is 4.09. The third kappa shape index (κ3) is 1.87. The van der Waals surface area contributed by atoms with Gasteiger partial charge in [0.2, 0.25) is 0 Å². The monoisotopic (exact) mass is 243 g/mol. The summed E-state index contributed by atoms with van der Waals surface area (Å²) in [5.74, 6) is 0.897. The van der Waals surface area contributed by atoms with Crippen molar-refractivity contribution in [1.82, 2.24) is 0 Å². The molecule has 1 aliphatic rings. The van der Waals surface area contributed by atoms with E-state index in [1.165, 1.54) is 21.0 Å². The zero-order valence-corrected chi connectivity index (χ0v) is 10.6. The van der Waals surface area contributed by atoms with Crippen molar-refractivity contribution in [3.05, 3.63) is 42.0 Å². The number of hydrogen-bond acceptors (Lipinski definition) is 3. The lowest BCUT2D eigenvalue weighted by Crippen LogP contribution is -2.00. The molecule has 0 unspecified atom stereocenters. The third-order valence-corrected chi connectivity index (χ3v) is 3.95. The number of methoxy groups -OCH3 is 1. The third-order valence-electron chi connectivity index (χ3n) is 2.81. The molecule has 3 heteroatoms. The van der Waals surface area contributed by atoms with Gasteiger partial charge in [-0.2, -0.15) is 0 Å². The summed E-state index contributed by atoms with van der Waals surface area (Å²) in [5.41, 5.74) is 3.61. The van der Waals surface area contributed by atoms with E-state index in [9.17, 15) is 0 Å². The van der Waals surface area contributed by atoms with Gasteiger partial charge in [-0.1, -0.05) is 17.8 Å². The SMILES string of the molecule is COc1ccc2c(c1)Sc1ccc(C)cc1N2. The van der Waals surface area contributed by atoms with E-state index in [2.05, 4.69) is 42.6 Å². The largest absolute Gasteiger partial charge is 0.497 e. The Morgan fingerprint density at radius 2 is 1.88 bits per heavy atom. The van der Waals surface area contributed by atoms with Gasteiger partial charge in [0, 0.05) is 9.79 Å². The number of benzene rings is 2. The number of anilines is 2. The maximum absolute atomic E-state index is 5.25. The van der Waals surface area contributed by atoms with E-state index in [0.29, 0.717) is 0 Å². The van der Waals surface area contributed by atoms with Crippen molar-refractivity contribution in [3.63, 3.8) is 0 Å². The van der Waals surface area contributed by atoms with Crippen LogP contribution >= 0.6 is 11.8 Å². The first kappa shape index (κ1) is 10.5. The minimum absolute atomic E-state index is 0.897. The summed E-state index contributed by atoms with van der Waals surface area (Å²) in [4.78, 5) is 2.47. The highest BCUT2D eigenvalue weighted by Gasteiger charge is 2.15. The minimum atomic E-state index is 0.897. The van der Waals surface area contributed by atoms with Crippen molar-refractivity contribution in [2.45, 2.75) is 16.7 Å². The fraction of sp³-hybridized carbons (Fsp3) is 0.143. The van der Waals surface area contributed by atoms with Gasteiger partial charge in [-0.25, -0.2) is 0 Å². The molecule has 2 nitrogen and oxygen atoms in total. The molecule has 0 spiro atoms. The van der Waals surface area contributed by atoms with Gasteiger partial charge in [-0.15, -0.1) is 0 Å². The van der Waals surface area contributed by atoms with Gasteiger partial charge in [-0.05, 0) is 42.8 Å². The Morgan fingerprint density at radius 3 is 2.71 bits per heavy atom. The molecule has 0 atom stereocenters. The van der Waals surface area contributed by atoms with Gasteiger partial charge >= 0.3 is 0 Å². The Hall–Kier alpha value is -1.61. The van der Waals surface area contributed by atoms with Crippen LogP contribution in [0, 0.1) is 6.92 Å². The van der Waals surface area contributed by atoms with Gasteiger partial charge in [0.15, 0.2) is 0 Å². The predicted molar refractivity (Wildman–Crippen MR) is 71.6 cm³/mol. The Balaban J connectivity index is 2.04. The lowest BCUT2D eigenvalue weighted by atomic mass is 10.2. The molecule has 0 saturated heterocycles. The van der Waals surface area contributed by atoms with E-state index in [4.69, 9.17) is 4.74 Å². The van der Waals surface area contributed by atoms with E-state index in [1.54, 1.807) is 18.9 Å². The molecule has 0 aliphatic carbocycles. The van der Waals surface area contributed by atoms with E-state index in [-0.39, 0.29) is 0 Å². The lowest BCUT2D eigenvalue weighted by Gasteiger charge is -2.21. The summed E-state index contributed by atoms with van der Waals surface area (Å²) < 4.78 is 5.25. The molecular formula is C14H13NOS. The van der Waals surface area contributed by atoms with Crippen LogP contribution in [-0.4, -0.2) is 7.11 Å². The predicted octanol–water partition coefficient (Wildman–Crippen LogP) is 4.21. The number of rotatable bonds is 1. The topological polar surface area (TPSA) is 21.3 Å². The summed E-state index contributed by atoms with van der Waals surface area (Å²) in [6.45, 7) is 2.11. The molecular weight excluding hydrogens is 230 g/mol. The molecule has 17 heavy (non-hydrogen) atoms. The molecule has 1 aliphatic heterocycles. The maximum Gasteiger partial charge on any atom is 0.120 e. The molecule has 0 aromatic heterocycles. The minimum Gasteiger partial charge on any atom is -0.497 e. The van der Waals surface area contributed by atoms with Gasteiger partial charge in [0.25, 0.3) is 0 Å². The maximum atomic E-state index is 5.25. The number of fused-ring (bicyclic) bond motifs is 2. The van der Waals surface area contributed by atoms with Crippen molar-refractivity contribution >= 4 is 23.1 Å². The van der Waals surface area contributed by atoms with Crippen molar-refractivity contribution in [2.75, 3.05) is 12.4 Å². The Morgan fingerprint density at radius 1 is 1.00 bits per heavy atom. The molecule has 3 rings (SSSR count). The first-order valence-corrected chi connectivity index (χ1v) is 6.31. The first-order valence-electron chi connectivity index (χ1n) is 5.50. The van der Waals surface area contributed by atoms with Crippen molar-refractivity contribution in [2.24, 2.45) is 0 Å². The van der Waals surface area contributed by atoms with Crippen LogP contribution in [-0.2, 0) is 0 Å². The summed E-state index contributed by atoms with van der Waals surface area (Å²) in [6.07, 6.45) is 0. The van der Waals surface area contributed by atoms with Crippen LogP contribution in [0.3, 0.4) is 0 Å². The van der Waals surface area contributed by atoms with Crippen molar-refractivity contribution in [1.29, 1.82) is 0 Å². The Labute approximate surface area is 105 Å². The zero-order chi connectivity index (χ0) is 11.8. The second-order valence-corrected chi connectivity index (χ2v) is 5.17. The summed E-state index contributed by atoms with van der Waals surface area (Å²) >= 11 is 1.78. The fourth-order valence-electron chi connectivity index (χ4n) is 1.91. The summed E-state index contributed by atoms with van der Waals surface area (Å²) in [7, 11) is 1.69. The van der Waals surface area contributed by atoms with Crippen LogP contribution in [0.15, 0.2) is 46.2 Å². The smallest absolute Gasteiger partial charge is 0.120 e. The van der Waals surface area contributed by atoms with E-state index >= 15 is 0 Å². The first-order chi connectivity index (χ1) is 8.26. The molecule has 0 saturated carbocycles. The van der Waals surface area contributed by atoms with E-state index < -0.39 is 0 Å². The number of ether oxygens (including phenoxy) is 1. The van der Waals surface area contributed by atoms with Gasteiger partial charge in [0.1, 0.15) is 5.75 Å². The lowest BCUT2D eigenvalue weighted by molar-refractivity contribution is 0.414. The number of hydrogen-bond donors (Lipinski definition) is 1. The van der Waals surface area contributed by atoms with Crippen LogP contribution in [0.5, 0.6) is 5.75 Å². The fourth-order valence-corrected chi connectivity index (χ4v) is 2.91. The Bertz CT molecular complexity index is 580. The second kappa shape index (κ2) is 4.00. The average Bonchev–Trinajstić information content (AvgIpc) is 2.35. The van der Waals surface area contributed by atoms with Gasteiger partial charge in [0.05, 0.1) is 18.5 Å². The van der Waals surface area contributed by atoms with Crippen LogP contribution < -0.4 is 10.1 Å². The number of nitrogens with one attached hydrogen (secondary N) is 1. The molecule has 0 fully saturated rings. The summed E-state index contributed by atoms with van der Waals surface area (Å²) in [6, 6.07) is 12.6. The van der Waals surface area contributed by atoms with Crippen LogP contribution in [0.1, 0.15) is 5.56 Å². The molecule has 0 amide bonds. The van der Waals surface area contributed by atoms with Crippen molar-refractivity contribution in [3.8, 4) is 5.75 Å². The quantitative estimate of drug-likeness (QED) is 0.691. The molecule has 1 N–H and O–H groups in total. The van der Waals surface area contributed by atoms with E-state index in [1.807, 2.05) is 6.07 Å².